The van der Waals surface area contributed by atoms with E-state index in [2.05, 4.69) is 10.6 Å². The number of hydrogen-bond donors (Lipinski definition) is 3. The van der Waals surface area contributed by atoms with Crippen LogP contribution in [-0.2, 0) is 19.1 Å². The van der Waals surface area contributed by atoms with Crippen LogP contribution in [0.3, 0.4) is 0 Å². The van der Waals surface area contributed by atoms with E-state index < -0.39 is 53.1 Å². The largest absolute Gasteiger partial charge is 0.479 e. The molecular formula is C39H49N7O6. The molecule has 1 aromatic heterocycles. The number of carboxylic acid groups (broad SMARTS) is 1. The van der Waals surface area contributed by atoms with Gasteiger partial charge in [-0.1, -0.05) is 67.5 Å². The molecular weight excluding hydrogens is 662 g/mol. The third kappa shape index (κ3) is 7.98. The van der Waals surface area contributed by atoms with E-state index in [-0.39, 0.29) is 25.3 Å². The van der Waals surface area contributed by atoms with Crippen LogP contribution in [0.25, 0.3) is 22.5 Å². The van der Waals surface area contributed by atoms with Crippen molar-refractivity contribution in [3.63, 3.8) is 0 Å². The zero-order chi connectivity index (χ0) is 37.2. The normalized spacial score (nSPS) is 25.8. The maximum absolute atomic E-state index is 14.5. The fourth-order valence-corrected chi connectivity index (χ4v) is 7.08. The van der Waals surface area contributed by atoms with Gasteiger partial charge in [-0.3, -0.25) is 9.59 Å². The number of benzene rings is 2. The van der Waals surface area contributed by atoms with E-state index in [1.165, 1.54) is 4.90 Å². The molecule has 3 aromatic rings. The number of aliphatic carboxylic acids is 1. The summed E-state index contributed by atoms with van der Waals surface area (Å²) in [6.45, 7) is 5.32. The summed E-state index contributed by atoms with van der Waals surface area (Å²) >= 11 is 0. The third-order valence-corrected chi connectivity index (χ3v) is 9.99. The Hall–Kier alpha value is -5.20. The summed E-state index contributed by atoms with van der Waals surface area (Å²) in [5.41, 5.74) is 1.84. The standard InChI is InChI=1S/C39H49N7O6/c1-38(2,3)52-37(51)40-30-17-13-8-6-7-12-16-27-23-39(27,36(49)50)41-34(47)31-22-29(24-45(31)35(30)48)46-42-32(25-14-10-9-11-15-25)33(43-46)26-18-20-28(21-19-26)44(4)5/h9-12,14-16,18-21,27,29-31H,6-8,13,17,22-24H2,1-5H3,(H,40,51)(H,41,47)(H,49,50)/b16-12-/t27-,29+,30+,31+,39-/m1/s1. The molecule has 1 aliphatic carbocycles. The predicted molar refractivity (Wildman–Crippen MR) is 196 cm³/mol. The molecule has 0 bridgehead atoms. The number of nitrogens with zero attached hydrogens (tertiary/aromatic N) is 5. The van der Waals surface area contributed by atoms with Crippen LogP contribution in [0.5, 0.6) is 0 Å². The van der Waals surface area contributed by atoms with E-state index in [0.29, 0.717) is 24.2 Å². The van der Waals surface area contributed by atoms with Gasteiger partial charge in [-0.25, -0.2) is 9.59 Å². The molecule has 3 aliphatic rings. The van der Waals surface area contributed by atoms with E-state index >= 15 is 0 Å². The lowest BCUT2D eigenvalue weighted by molar-refractivity contribution is -0.145. The highest BCUT2D eigenvalue weighted by Gasteiger charge is 2.61. The number of carbonyl (C=O) groups is 4. The summed E-state index contributed by atoms with van der Waals surface area (Å²) in [6.07, 6.45) is 6.96. The molecule has 52 heavy (non-hydrogen) atoms. The molecule has 0 unspecified atom stereocenters. The molecule has 0 radical (unpaired) electrons. The highest BCUT2D eigenvalue weighted by Crippen LogP contribution is 2.45. The van der Waals surface area contributed by atoms with Gasteiger partial charge in [0, 0.05) is 49.8 Å². The van der Waals surface area contributed by atoms with Crippen LogP contribution in [0.2, 0.25) is 0 Å². The number of anilines is 1. The summed E-state index contributed by atoms with van der Waals surface area (Å²) in [5.74, 6) is -2.45. The maximum atomic E-state index is 14.5. The molecule has 3 N–H and O–H groups in total. The first-order valence-electron chi connectivity index (χ1n) is 18.1. The minimum atomic E-state index is -1.44. The first-order valence-corrected chi connectivity index (χ1v) is 18.1. The fraction of sp³-hybridized carbons (Fsp3) is 0.487. The molecule has 13 heteroatoms. The molecule has 2 aromatic carbocycles. The van der Waals surface area contributed by atoms with Crippen molar-refractivity contribution >= 4 is 29.6 Å². The van der Waals surface area contributed by atoms with Gasteiger partial charge in [-0.2, -0.15) is 15.0 Å². The average Bonchev–Trinajstić information content (AvgIpc) is 3.40. The van der Waals surface area contributed by atoms with E-state index in [4.69, 9.17) is 14.9 Å². The average molecular weight is 712 g/mol. The number of ether oxygens (including phenoxy) is 1. The molecule has 1 saturated carbocycles. The lowest BCUT2D eigenvalue weighted by Crippen LogP contribution is -2.56. The monoisotopic (exact) mass is 711 g/mol. The number of fused-ring (bicyclic) bond motifs is 2. The molecule has 1 saturated heterocycles. The van der Waals surface area contributed by atoms with Crippen LogP contribution in [0.1, 0.15) is 71.8 Å². The number of aromatic nitrogens is 3. The summed E-state index contributed by atoms with van der Waals surface area (Å²) in [7, 11) is 3.95. The smallest absolute Gasteiger partial charge is 0.408 e. The summed E-state index contributed by atoms with van der Waals surface area (Å²) in [6, 6.07) is 15.2. The van der Waals surface area contributed by atoms with Crippen molar-refractivity contribution < 1.29 is 29.0 Å². The molecule has 276 valence electrons. The van der Waals surface area contributed by atoms with Crippen molar-refractivity contribution in [3.8, 4) is 22.5 Å². The van der Waals surface area contributed by atoms with Gasteiger partial charge in [0.15, 0.2) is 0 Å². The van der Waals surface area contributed by atoms with Crippen molar-refractivity contribution in [2.45, 2.75) is 95.0 Å². The lowest BCUT2D eigenvalue weighted by Gasteiger charge is -2.30. The summed E-state index contributed by atoms with van der Waals surface area (Å²) in [4.78, 5) is 59.2. The zero-order valence-corrected chi connectivity index (χ0v) is 30.5. The Labute approximate surface area is 304 Å². The Morgan fingerprint density at radius 2 is 1.65 bits per heavy atom. The van der Waals surface area contributed by atoms with Gasteiger partial charge in [0.05, 0.1) is 6.04 Å². The van der Waals surface area contributed by atoms with Crippen molar-refractivity contribution in [3.05, 3.63) is 66.7 Å². The van der Waals surface area contributed by atoms with E-state index in [1.807, 2.05) is 85.7 Å². The number of allylic oxidation sites excluding steroid dienone is 1. The Bertz CT molecular complexity index is 1820. The van der Waals surface area contributed by atoms with Crippen LogP contribution < -0.4 is 15.5 Å². The first-order chi connectivity index (χ1) is 24.8. The number of carboxylic acids is 1. The van der Waals surface area contributed by atoms with Crippen LogP contribution in [0.15, 0.2) is 66.7 Å². The first kappa shape index (κ1) is 36.6. The van der Waals surface area contributed by atoms with Gasteiger partial charge in [0.25, 0.3) is 0 Å². The van der Waals surface area contributed by atoms with E-state index in [9.17, 15) is 24.3 Å². The van der Waals surface area contributed by atoms with Gasteiger partial charge in [-0.05, 0) is 58.6 Å². The second-order valence-electron chi connectivity index (χ2n) is 15.3. The van der Waals surface area contributed by atoms with Gasteiger partial charge in [-0.15, -0.1) is 0 Å². The van der Waals surface area contributed by atoms with Crippen LogP contribution in [0.4, 0.5) is 10.5 Å². The minimum absolute atomic E-state index is 0.0781. The number of nitrogens with one attached hydrogen (secondary N) is 2. The Morgan fingerprint density at radius 1 is 0.981 bits per heavy atom. The van der Waals surface area contributed by atoms with Crippen molar-refractivity contribution in [2.24, 2.45) is 5.92 Å². The van der Waals surface area contributed by atoms with Gasteiger partial charge >= 0.3 is 12.1 Å². The SMILES string of the molecule is CN(C)c1ccc(-c2nn([C@H]3C[C@H]4C(=O)N[C@]5(C(=O)O)C[C@H]5/C=C\CCCCC[C@H](NC(=O)OC(C)(C)C)C(=O)N4C3)nc2-c2ccccc2)cc1. The molecule has 3 amide bonds. The van der Waals surface area contributed by atoms with E-state index in [0.717, 1.165) is 36.1 Å². The number of rotatable bonds is 6. The highest BCUT2D eigenvalue weighted by atomic mass is 16.6. The number of amides is 3. The van der Waals surface area contributed by atoms with Crippen molar-refractivity contribution in [2.75, 3.05) is 25.5 Å². The minimum Gasteiger partial charge on any atom is -0.479 e. The molecule has 2 fully saturated rings. The molecule has 3 heterocycles. The van der Waals surface area contributed by atoms with Gasteiger partial charge < -0.3 is 30.3 Å². The molecule has 13 nitrogen and oxygen atoms in total. The number of alkyl carbamates (subject to hydrolysis) is 1. The predicted octanol–water partition coefficient (Wildman–Crippen LogP) is 5.19. The van der Waals surface area contributed by atoms with E-state index in [1.54, 1.807) is 25.6 Å². The molecule has 6 rings (SSSR count). The second-order valence-corrected chi connectivity index (χ2v) is 15.3. The zero-order valence-electron chi connectivity index (χ0n) is 30.5. The fourth-order valence-electron chi connectivity index (χ4n) is 7.08. The van der Waals surface area contributed by atoms with Crippen LogP contribution >= 0.6 is 0 Å². The molecule has 2 aliphatic heterocycles. The van der Waals surface area contributed by atoms with Crippen molar-refractivity contribution in [1.29, 1.82) is 0 Å². The lowest BCUT2D eigenvalue weighted by atomic mass is 10.0. The topological polar surface area (TPSA) is 159 Å². The maximum Gasteiger partial charge on any atom is 0.408 e. The Balaban J connectivity index is 1.37. The second kappa shape index (κ2) is 14.8. The van der Waals surface area contributed by atoms with Crippen LogP contribution in [0, 0.1) is 5.92 Å². The highest BCUT2D eigenvalue weighted by molar-refractivity contribution is 5.96. The van der Waals surface area contributed by atoms with Gasteiger partial charge in [0.2, 0.25) is 11.8 Å². The number of hydrogen-bond acceptors (Lipinski definition) is 8. The van der Waals surface area contributed by atoms with Crippen molar-refractivity contribution in [1.82, 2.24) is 30.5 Å². The molecule has 5 atom stereocenters. The molecule has 0 spiro atoms. The van der Waals surface area contributed by atoms with Gasteiger partial charge in [0.1, 0.15) is 34.6 Å². The third-order valence-electron chi connectivity index (χ3n) is 9.99. The summed E-state index contributed by atoms with van der Waals surface area (Å²) in [5, 5.41) is 25.8. The van der Waals surface area contributed by atoms with Crippen LogP contribution in [-0.4, -0.2) is 92.7 Å². The quantitative estimate of drug-likeness (QED) is 0.293. The number of carbonyl (C=O) groups excluding carboxylic acids is 3. The Morgan fingerprint density at radius 3 is 2.29 bits per heavy atom. The summed E-state index contributed by atoms with van der Waals surface area (Å²) < 4.78 is 5.52. The Kier molecular flexibility index (Phi) is 10.4.